The van der Waals surface area contributed by atoms with E-state index in [0.29, 0.717) is 11.6 Å². The maximum atomic E-state index is 12.2. The van der Waals surface area contributed by atoms with Gasteiger partial charge in [-0.05, 0) is 6.42 Å². The van der Waals surface area contributed by atoms with E-state index >= 15 is 0 Å². The molecule has 1 aliphatic heterocycles. The van der Waals surface area contributed by atoms with Gasteiger partial charge in [0.2, 0.25) is 11.8 Å². The second-order valence-electron chi connectivity index (χ2n) is 4.72. The molecule has 108 valence electrons. The Labute approximate surface area is 117 Å². The van der Waals surface area contributed by atoms with Crippen molar-refractivity contribution in [3.05, 3.63) is 0 Å². The van der Waals surface area contributed by atoms with Crippen LogP contribution in [0.15, 0.2) is 0 Å². The van der Waals surface area contributed by atoms with Gasteiger partial charge in [-0.3, -0.25) is 14.4 Å². The fraction of sp³-hybridized carbons (Fsp3) is 0.750. The minimum atomic E-state index is -1.05. The highest BCUT2D eigenvalue weighted by Gasteiger charge is 2.37. The van der Waals surface area contributed by atoms with Crippen molar-refractivity contribution in [1.82, 2.24) is 9.80 Å². The standard InChI is InChI=1S/C12H20N2O4S/c1-4-8(2)11(17)14-7-19-6-9(14)12(18)13(3)5-10(15)16/h8-9H,4-7H2,1-3H3,(H,15,16). The summed E-state index contributed by atoms with van der Waals surface area (Å²) < 4.78 is 0. The second kappa shape index (κ2) is 6.79. The van der Waals surface area contributed by atoms with E-state index in [2.05, 4.69) is 0 Å². The van der Waals surface area contributed by atoms with Crippen LogP contribution in [-0.2, 0) is 14.4 Å². The van der Waals surface area contributed by atoms with Crippen molar-refractivity contribution in [3.63, 3.8) is 0 Å². The number of carboxylic acids is 1. The predicted octanol–water partition coefficient (Wildman–Crippen LogP) is 0.477. The highest BCUT2D eigenvalue weighted by atomic mass is 32.2. The monoisotopic (exact) mass is 288 g/mol. The van der Waals surface area contributed by atoms with Crippen molar-refractivity contribution < 1.29 is 19.5 Å². The Hall–Kier alpha value is -1.24. The number of amides is 2. The summed E-state index contributed by atoms with van der Waals surface area (Å²) >= 11 is 1.52. The topological polar surface area (TPSA) is 77.9 Å². The molecule has 0 aromatic carbocycles. The molecule has 1 heterocycles. The summed E-state index contributed by atoms with van der Waals surface area (Å²) in [7, 11) is 1.45. The van der Waals surface area contributed by atoms with E-state index in [1.807, 2.05) is 13.8 Å². The maximum Gasteiger partial charge on any atom is 0.323 e. The third kappa shape index (κ3) is 3.86. The zero-order valence-corrected chi connectivity index (χ0v) is 12.3. The maximum absolute atomic E-state index is 12.2. The number of carbonyl (C=O) groups is 3. The molecule has 2 atom stereocenters. The molecule has 0 bridgehead atoms. The molecule has 1 rings (SSSR count). The summed E-state index contributed by atoms with van der Waals surface area (Å²) in [5.41, 5.74) is 0. The van der Waals surface area contributed by atoms with Gasteiger partial charge in [0.15, 0.2) is 0 Å². The molecule has 2 unspecified atom stereocenters. The highest BCUT2D eigenvalue weighted by molar-refractivity contribution is 7.99. The van der Waals surface area contributed by atoms with Gasteiger partial charge in [-0.1, -0.05) is 13.8 Å². The molecule has 1 fully saturated rings. The Bertz CT molecular complexity index is 375. The molecule has 0 radical (unpaired) electrons. The van der Waals surface area contributed by atoms with Crippen LogP contribution < -0.4 is 0 Å². The van der Waals surface area contributed by atoms with E-state index in [0.717, 1.165) is 11.3 Å². The van der Waals surface area contributed by atoms with Crippen molar-refractivity contribution in [2.45, 2.75) is 26.3 Å². The Morgan fingerprint density at radius 2 is 2.11 bits per heavy atom. The Kier molecular flexibility index (Phi) is 5.65. The highest BCUT2D eigenvalue weighted by Crippen LogP contribution is 2.24. The number of hydrogen-bond donors (Lipinski definition) is 1. The zero-order chi connectivity index (χ0) is 14.6. The van der Waals surface area contributed by atoms with Gasteiger partial charge in [0.05, 0.1) is 5.88 Å². The normalized spacial score (nSPS) is 20.2. The van der Waals surface area contributed by atoms with E-state index in [9.17, 15) is 14.4 Å². The molecule has 2 amide bonds. The van der Waals surface area contributed by atoms with Crippen molar-refractivity contribution in [3.8, 4) is 0 Å². The number of aliphatic carboxylic acids is 1. The summed E-state index contributed by atoms with van der Waals surface area (Å²) in [6, 6.07) is -0.532. The number of likely N-dealkylation sites (N-methyl/N-ethyl adjacent to an activating group) is 1. The smallest absolute Gasteiger partial charge is 0.323 e. The quantitative estimate of drug-likeness (QED) is 0.796. The second-order valence-corrected chi connectivity index (χ2v) is 5.72. The minimum Gasteiger partial charge on any atom is -0.480 e. The lowest BCUT2D eigenvalue weighted by Crippen LogP contribution is -2.50. The van der Waals surface area contributed by atoms with E-state index in [1.165, 1.54) is 18.8 Å². The van der Waals surface area contributed by atoms with Gasteiger partial charge in [0, 0.05) is 18.7 Å². The van der Waals surface area contributed by atoms with Crippen molar-refractivity contribution >= 4 is 29.5 Å². The van der Waals surface area contributed by atoms with Gasteiger partial charge in [-0.25, -0.2) is 0 Å². The molecule has 0 aromatic heterocycles. The number of thioether (sulfide) groups is 1. The summed E-state index contributed by atoms with van der Waals surface area (Å²) in [6.07, 6.45) is 0.728. The van der Waals surface area contributed by atoms with Crippen LogP contribution in [0.3, 0.4) is 0 Å². The third-order valence-electron chi connectivity index (χ3n) is 3.23. The van der Waals surface area contributed by atoms with Crippen LogP contribution in [0.5, 0.6) is 0 Å². The number of hydrogen-bond acceptors (Lipinski definition) is 4. The summed E-state index contributed by atoms with van der Waals surface area (Å²) in [4.78, 5) is 37.7. The average molecular weight is 288 g/mol. The molecule has 1 N–H and O–H groups in total. The summed E-state index contributed by atoms with van der Waals surface area (Å²) in [6.45, 7) is 3.43. The molecule has 1 aliphatic rings. The molecule has 0 aliphatic carbocycles. The molecule has 7 heteroatoms. The zero-order valence-electron chi connectivity index (χ0n) is 11.5. The molecule has 0 saturated carbocycles. The molecular formula is C12H20N2O4S. The first-order valence-corrected chi connectivity index (χ1v) is 7.38. The first-order valence-electron chi connectivity index (χ1n) is 6.23. The van der Waals surface area contributed by atoms with Gasteiger partial charge in [-0.15, -0.1) is 11.8 Å². The molecular weight excluding hydrogens is 268 g/mol. The molecule has 0 spiro atoms. The third-order valence-corrected chi connectivity index (χ3v) is 4.25. The Balaban J connectivity index is 2.73. The van der Waals surface area contributed by atoms with E-state index < -0.39 is 12.0 Å². The Morgan fingerprint density at radius 3 is 2.63 bits per heavy atom. The van der Waals surface area contributed by atoms with Crippen LogP contribution >= 0.6 is 11.8 Å². The van der Waals surface area contributed by atoms with Gasteiger partial charge in [0.25, 0.3) is 0 Å². The van der Waals surface area contributed by atoms with Gasteiger partial charge < -0.3 is 14.9 Å². The van der Waals surface area contributed by atoms with Crippen LogP contribution in [-0.4, -0.2) is 64.0 Å². The van der Waals surface area contributed by atoms with Crippen LogP contribution in [0.2, 0.25) is 0 Å². The lowest BCUT2D eigenvalue weighted by Gasteiger charge is -2.28. The van der Waals surface area contributed by atoms with Gasteiger partial charge in [0.1, 0.15) is 12.6 Å². The van der Waals surface area contributed by atoms with Crippen LogP contribution in [0.4, 0.5) is 0 Å². The number of carbonyl (C=O) groups excluding carboxylic acids is 2. The lowest BCUT2D eigenvalue weighted by atomic mass is 10.1. The van der Waals surface area contributed by atoms with E-state index in [-0.39, 0.29) is 24.3 Å². The van der Waals surface area contributed by atoms with Crippen LogP contribution in [0.25, 0.3) is 0 Å². The number of nitrogens with zero attached hydrogens (tertiary/aromatic N) is 2. The molecule has 0 aromatic rings. The van der Waals surface area contributed by atoms with Crippen LogP contribution in [0.1, 0.15) is 20.3 Å². The van der Waals surface area contributed by atoms with Crippen molar-refractivity contribution in [1.29, 1.82) is 0 Å². The van der Waals surface area contributed by atoms with Crippen molar-refractivity contribution in [2.24, 2.45) is 5.92 Å². The first-order chi connectivity index (χ1) is 8.88. The van der Waals surface area contributed by atoms with E-state index in [4.69, 9.17) is 5.11 Å². The average Bonchev–Trinajstić information content (AvgIpc) is 2.84. The van der Waals surface area contributed by atoms with Gasteiger partial charge >= 0.3 is 5.97 Å². The van der Waals surface area contributed by atoms with E-state index in [1.54, 1.807) is 4.90 Å². The molecule has 1 saturated heterocycles. The summed E-state index contributed by atoms with van der Waals surface area (Å²) in [5, 5.41) is 8.70. The Morgan fingerprint density at radius 1 is 1.47 bits per heavy atom. The van der Waals surface area contributed by atoms with Crippen molar-refractivity contribution in [2.75, 3.05) is 25.2 Å². The number of carboxylic acid groups (broad SMARTS) is 1. The minimum absolute atomic E-state index is 0.0328. The van der Waals surface area contributed by atoms with Crippen LogP contribution in [0, 0.1) is 5.92 Å². The SMILES string of the molecule is CCC(C)C(=O)N1CSCC1C(=O)N(C)CC(=O)O. The first kappa shape index (κ1) is 15.8. The predicted molar refractivity (Wildman–Crippen MR) is 72.7 cm³/mol. The lowest BCUT2D eigenvalue weighted by molar-refractivity contribution is -0.148. The summed E-state index contributed by atoms with van der Waals surface area (Å²) in [5.74, 6) is -0.468. The number of rotatable bonds is 5. The fourth-order valence-corrected chi connectivity index (χ4v) is 3.01. The molecule has 6 nitrogen and oxygen atoms in total. The largest absolute Gasteiger partial charge is 0.480 e. The molecule has 19 heavy (non-hydrogen) atoms. The van der Waals surface area contributed by atoms with Gasteiger partial charge in [-0.2, -0.15) is 0 Å². The fourth-order valence-electron chi connectivity index (χ4n) is 1.86.